The first kappa shape index (κ1) is 24.1. The van der Waals surface area contributed by atoms with E-state index >= 15 is 0 Å². The second-order valence-electron chi connectivity index (χ2n) is 8.76. The molecule has 32 heavy (non-hydrogen) atoms. The molecule has 0 unspecified atom stereocenters. The van der Waals surface area contributed by atoms with E-state index in [0.717, 1.165) is 63.8 Å². The molecule has 1 aromatic carbocycles. The molecule has 3 rings (SSSR count). The van der Waals surface area contributed by atoms with Crippen LogP contribution < -0.4 is 10.1 Å². The van der Waals surface area contributed by atoms with Crippen LogP contribution in [-0.2, 0) is 14.3 Å². The molecule has 1 atom stereocenters. The largest absolute Gasteiger partial charge is 0.490 e. The van der Waals surface area contributed by atoms with Gasteiger partial charge in [0.15, 0.2) is 0 Å². The lowest BCUT2D eigenvalue weighted by atomic mass is 10.1. The summed E-state index contributed by atoms with van der Waals surface area (Å²) in [6.45, 7) is 5.69. The lowest BCUT2D eigenvalue weighted by Crippen LogP contribution is -2.42. The Bertz CT molecular complexity index is 767. The maximum Gasteiger partial charge on any atom is 0.307 e. The first-order chi connectivity index (χ1) is 15.5. The number of nitrogens with zero attached hydrogens (tertiary/aromatic N) is 1. The molecule has 7 heteroatoms. The summed E-state index contributed by atoms with van der Waals surface area (Å²) in [6.07, 6.45) is 6.67. The van der Waals surface area contributed by atoms with E-state index in [9.17, 15) is 14.4 Å². The fourth-order valence-electron chi connectivity index (χ4n) is 4.03. The molecule has 2 aliphatic rings. The summed E-state index contributed by atoms with van der Waals surface area (Å²) >= 11 is 0. The molecule has 0 aromatic heterocycles. The van der Waals surface area contributed by atoms with Gasteiger partial charge in [-0.15, -0.1) is 0 Å². The summed E-state index contributed by atoms with van der Waals surface area (Å²) in [7, 11) is 0. The Kier molecular flexibility index (Phi) is 8.94. The molecule has 0 radical (unpaired) electrons. The molecule has 1 aliphatic heterocycles. The number of hydrogen-bond acceptors (Lipinski definition) is 5. The van der Waals surface area contributed by atoms with E-state index in [4.69, 9.17) is 9.47 Å². The van der Waals surface area contributed by atoms with Gasteiger partial charge in [-0.2, -0.15) is 0 Å². The number of piperidine rings is 1. The molecule has 2 fully saturated rings. The molecule has 1 saturated carbocycles. The van der Waals surface area contributed by atoms with Gasteiger partial charge in [0.1, 0.15) is 11.9 Å². The Morgan fingerprint density at radius 1 is 1.06 bits per heavy atom. The first-order valence-electron chi connectivity index (χ1n) is 12.0. The number of hydrogen-bond donors (Lipinski definition) is 1. The molecule has 2 amide bonds. The lowest BCUT2D eigenvalue weighted by molar-refractivity contribution is -0.143. The van der Waals surface area contributed by atoms with Crippen LogP contribution in [0.15, 0.2) is 24.3 Å². The Morgan fingerprint density at radius 2 is 1.75 bits per heavy atom. The molecule has 1 saturated heterocycles. The minimum absolute atomic E-state index is 0.0842. The highest BCUT2D eigenvalue weighted by atomic mass is 16.5. The van der Waals surface area contributed by atoms with Crippen LogP contribution in [0, 0.1) is 5.92 Å². The van der Waals surface area contributed by atoms with Crippen molar-refractivity contribution in [2.45, 2.75) is 77.4 Å². The van der Waals surface area contributed by atoms with Gasteiger partial charge in [0.25, 0.3) is 5.91 Å². The lowest BCUT2D eigenvalue weighted by Gasteiger charge is -2.32. The molecule has 1 heterocycles. The van der Waals surface area contributed by atoms with E-state index < -0.39 is 0 Å². The average Bonchev–Trinajstić information content (AvgIpc) is 3.63. The third-order valence-electron chi connectivity index (χ3n) is 6.06. The molecule has 176 valence electrons. The van der Waals surface area contributed by atoms with E-state index in [1.165, 1.54) is 0 Å². The van der Waals surface area contributed by atoms with Crippen molar-refractivity contribution in [2.75, 3.05) is 19.7 Å². The van der Waals surface area contributed by atoms with Crippen molar-refractivity contribution in [3.05, 3.63) is 29.8 Å². The normalized spacial score (nSPS) is 17.5. The smallest absolute Gasteiger partial charge is 0.307 e. The van der Waals surface area contributed by atoms with Gasteiger partial charge in [-0.1, -0.05) is 19.8 Å². The van der Waals surface area contributed by atoms with Crippen LogP contribution in [0.1, 0.15) is 75.6 Å². The van der Waals surface area contributed by atoms with E-state index in [1.54, 1.807) is 19.1 Å². The summed E-state index contributed by atoms with van der Waals surface area (Å²) < 4.78 is 11.1. The molecule has 0 spiro atoms. The molecular formula is C25H36N2O5. The summed E-state index contributed by atoms with van der Waals surface area (Å²) in [5.74, 6) is 0.808. The number of ether oxygens (including phenoxy) is 2. The first-order valence-corrected chi connectivity index (χ1v) is 12.0. The van der Waals surface area contributed by atoms with Gasteiger partial charge in [-0.3, -0.25) is 14.4 Å². The quantitative estimate of drug-likeness (QED) is 0.526. The monoisotopic (exact) mass is 444 g/mol. The van der Waals surface area contributed by atoms with Gasteiger partial charge in [-0.25, -0.2) is 0 Å². The molecule has 1 aliphatic carbocycles. The Hall–Kier alpha value is -2.57. The van der Waals surface area contributed by atoms with Crippen molar-refractivity contribution in [3.63, 3.8) is 0 Å². The number of unbranched alkanes of at least 4 members (excludes halogenated alkanes) is 1. The minimum Gasteiger partial charge on any atom is -0.490 e. The SMILES string of the molecule is CCCC[C@@H](CC(=O)OCC)NC(=O)c1ccc(OC2CCN(C(=O)C3CC3)CC2)cc1. The highest BCUT2D eigenvalue weighted by molar-refractivity contribution is 5.94. The summed E-state index contributed by atoms with van der Waals surface area (Å²) in [6, 6.07) is 6.88. The van der Waals surface area contributed by atoms with Gasteiger partial charge in [0, 0.05) is 43.5 Å². The van der Waals surface area contributed by atoms with E-state index in [1.807, 2.05) is 17.0 Å². The number of esters is 1. The van der Waals surface area contributed by atoms with Crippen molar-refractivity contribution in [1.82, 2.24) is 10.2 Å². The molecular weight excluding hydrogens is 408 g/mol. The van der Waals surface area contributed by atoms with Crippen molar-refractivity contribution >= 4 is 17.8 Å². The van der Waals surface area contributed by atoms with Crippen molar-refractivity contribution in [2.24, 2.45) is 5.92 Å². The molecule has 1 N–H and O–H groups in total. The van der Waals surface area contributed by atoms with Crippen LogP contribution in [0.4, 0.5) is 0 Å². The second kappa shape index (κ2) is 11.9. The van der Waals surface area contributed by atoms with Gasteiger partial charge in [0.2, 0.25) is 5.91 Å². The number of amides is 2. The minimum atomic E-state index is -0.289. The average molecular weight is 445 g/mol. The Morgan fingerprint density at radius 3 is 2.34 bits per heavy atom. The van der Waals surface area contributed by atoms with Crippen LogP contribution in [0.3, 0.4) is 0 Å². The highest BCUT2D eigenvalue weighted by Gasteiger charge is 2.35. The standard InChI is InChI=1S/C25H36N2O5/c1-3-5-6-20(17-23(28)31-4-2)26-24(29)18-9-11-21(12-10-18)32-22-13-15-27(16-14-22)25(30)19-7-8-19/h9-12,19-20,22H,3-8,13-17H2,1-2H3,(H,26,29)/t20-/m0/s1. The zero-order chi connectivity index (χ0) is 22.9. The fourth-order valence-corrected chi connectivity index (χ4v) is 4.03. The fraction of sp³-hybridized carbons (Fsp3) is 0.640. The predicted octanol–water partition coefficient (Wildman–Crippen LogP) is 3.71. The van der Waals surface area contributed by atoms with Gasteiger partial charge in [0.05, 0.1) is 13.0 Å². The Balaban J connectivity index is 1.47. The maximum atomic E-state index is 12.7. The number of carbonyl (C=O) groups excluding carboxylic acids is 3. The maximum absolute atomic E-state index is 12.7. The number of benzene rings is 1. The van der Waals surface area contributed by atoms with Crippen LogP contribution in [0.5, 0.6) is 5.75 Å². The zero-order valence-electron chi connectivity index (χ0n) is 19.3. The van der Waals surface area contributed by atoms with E-state index in [-0.39, 0.29) is 36.4 Å². The van der Waals surface area contributed by atoms with Crippen LogP contribution >= 0.6 is 0 Å². The van der Waals surface area contributed by atoms with Crippen molar-refractivity contribution in [3.8, 4) is 5.75 Å². The molecule has 7 nitrogen and oxygen atoms in total. The molecule has 1 aromatic rings. The van der Waals surface area contributed by atoms with Crippen LogP contribution in [0.25, 0.3) is 0 Å². The van der Waals surface area contributed by atoms with E-state index in [0.29, 0.717) is 18.1 Å². The number of likely N-dealkylation sites (tertiary alicyclic amines) is 1. The number of carbonyl (C=O) groups is 3. The van der Waals surface area contributed by atoms with Crippen LogP contribution in [-0.4, -0.2) is 54.5 Å². The number of rotatable bonds is 11. The summed E-state index contributed by atoms with van der Waals surface area (Å²) in [5, 5.41) is 2.97. The van der Waals surface area contributed by atoms with Gasteiger partial charge >= 0.3 is 5.97 Å². The van der Waals surface area contributed by atoms with Gasteiger partial charge < -0.3 is 19.7 Å². The van der Waals surface area contributed by atoms with E-state index in [2.05, 4.69) is 12.2 Å². The summed E-state index contributed by atoms with van der Waals surface area (Å²) in [5.41, 5.74) is 0.535. The Labute approximate surface area is 190 Å². The zero-order valence-corrected chi connectivity index (χ0v) is 19.3. The predicted molar refractivity (Wildman–Crippen MR) is 121 cm³/mol. The topological polar surface area (TPSA) is 84.9 Å². The highest BCUT2D eigenvalue weighted by Crippen LogP contribution is 2.32. The van der Waals surface area contributed by atoms with Crippen LogP contribution in [0.2, 0.25) is 0 Å². The summed E-state index contributed by atoms with van der Waals surface area (Å²) in [4.78, 5) is 38.7. The molecule has 0 bridgehead atoms. The third-order valence-corrected chi connectivity index (χ3v) is 6.06. The number of nitrogens with one attached hydrogen (secondary N) is 1. The van der Waals surface area contributed by atoms with Crippen molar-refractivity contribution in [1.29, 1.82) is 0 Å². The third kappa shape index (κ3) is 7.24. The second-order valence-corrected chi connectivity index (χ2v) is 8.76. The van der Waals surface area contributed by atoms with Crippen molar-refractivity contribution < 1.29 is 23.9 Å². The van der Waals surface area contributed by atoms with Gasteiger partial charge in [-0.05, 0) is 50.5 Å².